The molecule has 1 heterocycles. The van der Waals surface area contributed by atoms with Gasteiger partial charge in [-0.1, -0.05) is 33.6 Å². The highest BCUT2D eigenvalue weighted by molar-refractivity contribution is 8.76. The predicted molar refractivity (Wildman–Crippen MR) is 241 cm³/mol. The van der Waals surface area contributed by atoms with E-state index in [4.69, 9.17) is 48.5 Å². The van der Waals surface area contributed by atoms with Crippen LogP contribution in [0.15, 0.2) is 47.3 Å². The van der Waals surface area contributed by atoms with Gasteiger partial charge in [-0.15, -0.1) is 6.42 Å². The highest BCUT2D eigenvalue weighted by Gasteiger charge is 2.28. The normalized spacial score (nSPS) is 13.2. The van der Waals surface area contributed by atoms with E-state index in [9.17, 15) is 48.3 Å². The number of amides is 3. The molecule has 0 saturated heterocycles. The number of esters is 1. The third-order valence-electron chi connectivity index (χ3n) is 9.19. The average Bonchev–Trinajstić information content (AvgIpc) is 3.26. The number of aromatic amines is 1. The first-order chi connectivity index (χ1) is 30.8. The van der Waals surface area contributed by atoms with Crippen molar-refractivity contribution in [1.29, 1.82) is 0 Å². The number of ketones is 2. The number of nitrogens with one attached hydrogen (secondary N) is 4. The number of hydrogen-bond acceptors (Lipinski definition) is 16. The van der Waals surface area contributed by atoms with Gasteiger partial charge in [0.25, 0.3) is 11.5 Å². The molecule has 6 radical (unpaired) electrons. The van der Waals surface area contributed by atoms with Crippen LogP contribution in [-0.2, 0) is 44.8 Å². The maximum atomic E-state index is 13.0. The van der Waals surface area contributed by atoms with E-state index < -0.39 is 84.3 Å². The second kappa shape index (κ2) is 26.4. The summed E-state index contributed by atoms with van der Waals surface area (Å²) in [6.45, 7) is 17.2. The number of terminal acetylenes is 1. The number of aromatic nitrogens is 2. The van der Waals surface area contributed by atoms with Crippen molar-refractivity contribution in [2.24, 2.45) is 17.6 Å². The van der Waals surface area contributed by atoms with Gasteiger partial charge in [-0.25, -0.2) is 14.6 Å². The summed E-state index contributed by atoms with van der Waals surface area (Å²) in [5.41, 5.74) is 12.5. The van der Waals surface area contributed by atoms with Crippen LogP contribution in [0.25, 0.3) is 10.9 Å². The summed E-state index contributed by atoms with van der Waals surface area (Å²) in [7, 11) is 2.59. The largest absolute Gasteiger partial charge is 0.480 e. The van der Waals surface area contributed by atoms with Gasteiger partial charge in [0, 0.05) is 73.4 Å². The minimum absolute atomic E-state index is 0.00306. The van der Waals surface area contributed by atoms with Gasteiger partial charge in [-0.2, -0.15) is 0 Å². The van der Waals surface area contributed by atoms with Gasteiger partial charge in [-0.3, -0.25) is 38.5 Å². The minimum Gasteiger partial charge on any atom is -0.480 e. The van der Waals surface area contributed by atoms with Crippen LogP contribution in [0.4, 0.5) is 11.6 Å². The molecule has 3 amide bonds. The van der Waals surface area contributed by atoms with Crippen LogP contribution in [0.1, 0.15) is 48.0 Å². The Balaban J connectivity index is 1.33. The molecule has 0 spiro atoms. The summed E-state index contributed by atoms with van der Waals surface area (Å²) in [6, 6.07) is 7.03. The molecule has 1 unspecified atom stereocenters. The lowest BCUT2D eigenvalue weighted by Gasteiger charge is -2.23. The number of Topliss-reactive ketones (excluding diaryl/α,β-unsaturated/α-hetero) is 2. The molecule has 0 bridgehead atoms. The molecule has 3 rings (SSSR count). The van der Waals surface area contributed by atoms with Gasteiger partial charge in [0.2, 0.25) is 17.8 Å². The second-order valence-corrected chi connectivity index (χ2v) is 16.9. The van der Waals surface area contributed by atoms with E-state index in [-0.39, 0.29) is 61.7 Å². The summed E-state index contributed by atoms with van der Waals surface area (Å²) >= 11 is 0. The fourth-order valence-electron chi connectivity index (χ4n) is 5.71. The van der Waals surface area contributed by atoms with Crippen LogP contribution in [0.3, 0.4) is 0 Å². The van der Waals surface area contributed by atoms with Crippen molar-refractivity contribution in [2.75, 3.05) is 41.8 Å². The Hall–Kier alpha value is -6.44. The number of ether oxygens (including phenoxy) is 1. The number of benzene rings is 2. The molecule has 1 aromatic heterocycles. The van der Waals surface area contributed by atoms with Crippen molar-refractivity contribution in [2.45, 2.75) is 56.8 Å². The smallest absolute Gasteiger partial charge is 0.327 e. The highest BCUT2D eigenvalue weighted by Crippen LogP contribution is 2.23. The number of rotatable bonds is 28. The SMILES string of the molecule is [CH][C@H](CC(=O)CCSSCCOC(=O)CCC(NC(=O)c1ccc(N(CC#C)Cc2ccc3nc(N)[nH]c(=O)c3c2)cc1)C(=O)O)C(=O)N[C@@H]([CH])C(=O)C[C@@H]([CH])C(=O)N[C@@H](CN)C(=O)O. The van der Waals surface area contributed by atoms with Gasteiger partial charge in [0.15, 0.2) is 5.78 Å². The van der Waals surface area contributed by atoms with Crippen molar-refractivity contribution in [3.8, 4) is 12.3 Å². The number of carbonyl (C=O) groups excluding carboxylic acids is 6. The topological polar surface area (TPSA) is 323 Å². The molecule has 0 aliphatic rings. The summed E-state index contributed by atoms with van der Waals surface area (Å²) < 4.78 is 5.17. The Bertz CT molecular complexity index is 2300. The number of carboxylic acids is 2. The number of nitrogens with two attached hydrogens (primary N) is 2. The van der Waals surface area contributed by atoms with E-state index in [1.807, 2.05) is 4.90 Å². The number of hydrogen-bond donors (Lipinski definition) is 8. The fourth-order valence-corrected chi connectivity index (χ4v) is 7.57. The lowest BCUT2D eigenvalue weighted by molar-refractivity contribution is -0.144. The van der Waals surface area contributed by atoms with E-state index in [0.717, 1.165) is 5.56 Å². The maximum absolute atomic E-state index is 13.0. The van der Waals surface area contributed by atoms with Crippen LogP contribution in [0, 0.1) is 45.0 Å². The van der Waals surface area contributed by atoms with E-state index in [0.29, 0.717) is 34.6 Å². The Morgan fingerprint density at radius 2 is 1.51 bits per heavy atom. The second-order valence-electron chi connectivity index (χ2n) is 14.2. The molecular weight excluding hydrogens is 885 g/mol. The molecule has 10 N–H and O–H groups in total. The van der Waals surface area contributed by atoms with E-state index in [1.165, 1.54) is 33.7 Å². The lowest BCUT2D eigenvalue weighted by atomic mass is 9.98. The number of carboxylic acid groups (broad SMARTS) is 2. The van der Waals surface area contributed by atoms with Crippen LogP contribution in [-0.4, -0.2) is 117 Å². The van der Waals surface area contributed by atoms with Gasteiger partial charge in [0.1, 0.15) is 24.5 Å². The van der Waals surface area contributed by atoms with Crippen molar-refractivity contribution in [3.05, 3.63) is 84.7 Å². The molecule has 0 fully saturated rings. The molecule has 65 heavy (non-hydrogen) atoms. The first kappa shape index (κ1) is 52.9. The first-order valence-corrected chi connectivity index (χ1v) is 22.2. The van der Waals surface area contributed by atoms with Crippen molar-refractivity contribution in [3.63, 3.8) is 0 Å². The van der Waals surface area contributed by atoms with Crippen molar-refractivity contribution < 1.29 is 53.3 Å². The monoisotopic (exact) mass is 932 g/mol. The van der Waals surface area contributed by atoms with E-state index >= 15 is 0 Å². The molecule has 0 saturated carbocycles. The van der Waals surface area contributed by atoms with Crippen LogP contribution < -0.4 is 37.9 Å². The van der Waals surface area contributed by atoms with Gasteiger partial charge >= 0.3 is 17.9 Å². The molecule has 0 aliphatic heterocycles. The molecule has 344 valence electrons. The molecule has 3 aromatic rings. The van der Waals surface area contributed by atoms with Gasteiger partial charge in [-0.05, 0) is 69.2 Å². The third-order valence-corrected chi connectivity index (χ3v) is 11.6. The zero-order chi connectivity index (χ0) is 48.2. The van der Waals surface area contributed by atoms with Crippen LogP contribution >= 0.6 is 21.6 Å². The molecule has 0 aliphatic carbocycles. The van der Waals surface area contributed by atoms with Gasteiger partial charge < -0.3 is 47.3 Å². The fraction of sp³-hybridized carbons (Fsp3) is 0.372. The third kappa shape index (κ3) is 17.6. The quantitative estimate of drug-likeness (QED) is 0.0215. The zero-order valence-electron chi connectivity index (χ0n) is 34.9. The zero-order valence-corrected chi connectivity index (χ0v) is 36.5. The molecule has 2 aromatic carbocycles. The molecule has 22 heteroatoms. The Kier molecular flexibility index (Phi) is 21.5. The summed E-state index contributed by atoms with van der Waals surface area (Å²) in [5, 5.41) is 25.7. The Morgan fingerprint density at radius 3 is 2.15 bits per heavy atom. The number of nitrogens with zero attached hydrogens (tertiary/aromatic N) is 2. The number of nitrogen functional groups attached to an aromatic ring is 1. The molecular formula is C43H48N8O12S2. The number of aliphatic carboxylic acids is 2. The predicted octanol–water partition coefficient (Wildman–Crippen LogP) is 0.720. The van der Waals surface area contributed by atoms with Crippen molar-refractivity contribution >= 4 is 91.3 Å². The Labute approximate surface area is 382 Å². The standard InChI is InChI=1S/C43H48N8O12S2/c1-5-15-51(23-27-6-11-32-31(21-27)40(58)50-43(45)49-32)29-9-7-28(8-10-29)39(57)47-33(41(59)60)12-13-36(54)63-16-18-65-64-17-14-30(52)19-24(2)37(55)46-26(4)35(53)20-25(3)38(56)48-34(22-44)42(61)62/h1-4,6-11,21,24-26,33-34H,12-20,22-23,44H2,(H,46,55)(H,47,57)(H,48,56)(H,59,60)(H,61,62)(H3,45,49,50,58)/t24-,25-,26+,33?,34+/m1/s1. The highest BCUT2D eigenvalue weighted by atomic mass is 33.1. The Morgan fingerprint density at radius 1 is 0.862 bits per heavy atom. The molecule has 20 nitrogen and oxygen atoms in total. The maximum Gasteiger partial charge on any atom is 0.327 e. The van der Waals surface area contributed by atoms with E-state index in [2.05, 4.69) is 31.8 Å². The number of anilines is 2. The van der Waals surface area contributed by atoms with Crippen LogP contribution in [0.2, 0.25) is 0 Å². The van der Waals surface area contributed by atoms with Gasteiger partial charge in [0.05, 0.1) is 23.5 Å². The summed E-state index contributed by atoms with van der Waals surface area (Å²) in [5.74, 6) is -6.74. The summed E-state index contributed by atoms with van der Waals surface area (Å²) in [4.78, 5) is 118. The van der Waals surface area contributed by atoms with Crippen LogP contribution in [0.5, 0.6) is 0 Å². The minimum atomic E-state index is -1.60. The summed E-state index contributed by atoms with van der Waals surface area (Å²) in [6.07, 6.45) is 4.11. The number of fused-ring (bicyclic) bond motifs is 1. The van der Waals surface area contributed by atoms with Crippen molar-refractivity contribution in [1.82, 2.24) is 25.9 Å². The number of carbonyl (C=O) groups is 8. The average molecular weight is 933 g/mol. The molecule has 5 atom stereocenters. The van der Waals surface area contributed by atoms with E-state index in [1.54, 1.807) is 30.3 Å². The lowest BCUT2D eigenvalue weighted by Crippen LogP contribution is -2.48. The number of H-pyrrole nitrogens is 1. The first-order valence-electron chi connectivity index (χ1n) is 19.7.